The molecule has 138 valence electrons. The van der Waals surface area contributed by atoms with Crippen LogP contribution in [0.2, 0.25) is 0 Å². The fraction of sp³-hybridized carbons (Fsp3) is 0.263. The third-order valence-electron chi connectivity index (χ3n) is 3.62. The summed E-state index contributed by atoms with van der Waals surface area (Å²) in [7, 11) is 3.29. The van der Waals surface area contributed by atoms with Crippen LogP contribution in [0.1, 0.15) is 12.0 Å². The van der Waals surface area contributed by atoms with Gasteiger partial charge in [0, 0.05) is 26.2 Å². The number of amides is 2. The Bertz CT molecular complexity index is 777. The van der Waals surface area contributed by atoms with E-state index in [4.69, 9.17) is 4.74 Å². The van der Waals surface area contributed by atoms with Gasteiger partial charge in [0.2, 0.25) is 5.91 Å². The van der Waals surface area contributed by atoms with Crippen LogP contribution in [0.4, 0.5) is 14.5 Å². The molecular formula is C19H20F2N2O3. The minimum Gasteiger partial charge on any atom is -0.484 e. The summed E-state index contributed by atoms with van der Waals surface area (Å²) in [4.78, 5) is 24.8. The summed E-state index contributed by atoms with van der Waals surface area (Å²) in [5.74, 6) is -1.72. The zero-order chi connectivity index (χ0) is 19.1. The molecule has 0 heterocycles. The Kier molecular flexibility index (Phi) is 6.66. The summed E-state index contributed by atoms with van der Waals surface area (Å²) in [5.41, 5.74) is 1.12. The largest absolute Gasteiger partial charge is 0.484 e. The van der Waals surface area contributed by atoms with Crippen molar-refractivity contribution in [3.63, 3.8) is 0 Å². The minimum absolute atomic E-state index is 0.0626. The maximum absolute atomic E-state index is 13.1. The molecule has 0 spiro atoms. The summed E-state index contributed by atoms with van der Waals surface area (Å²) in [6.45, 7) is -0.0626. The Balaban J connectivity index is 1.81. The number of halogens is 2. The fourth-order valence-corrected chi connectivity index (χ4v) is 2.09. The van der Waals surface area contributed by atoms with Crippen molar-refractivity contribution in [3.8, 4) is 5.75 Å². The molecule has 26 heavy (non-hydrogen) atoms. The van der Waals surface area contributed by atoms with E-state index < -0.39 is 11.6 Å². The van der Waals surface area contributed by atoms with Gasteiger partial charge in [-0.25, -0.2) is 8.78 Å². The van der Waals surface area contributed by atoms with Crippen LogP contribution in [0, 0.1) is 11.6 Å². The molecule has 2 amide bonds. The Morgan fingerprint density at radius 2 is 1.73 bits per heavy atom. The molecule has 0 atom stereocenters. The summed E-state index contributed by atoms with van der Waals surface area (Å²) in [6, 6.07) is 10.2. The van der Waals surface area contributed by atoms with Gasteiger partial charge < -0.3 is 15.0 Å². The van der Waals surface area contributed by atoms with Crippen LogP contribution in [0.3, 0.4) is 0 Å². The van der Waals surface area contributed by atoms with Crippen molar-refractivity contribution in [2.24, 2.45) is 0 Å². The van der Waals surface area contributed by atoms with Gasteiger partial charge in [-0.2, -0.15) is 0 Å². The molecule has 0 fully saturated rings. The number of rotatable bonds is 7. The van der Waals surface area contributed by atoms with E-state index in [0.717, 1.165) is 12.1 Å². The molecule has 0 saturated carbocycles. The number of hydrogen-bond donors (Lipinski definition) is 1. The lowest BCUT2D eigenvalue weighted by Gasteiger charge is -2.11. The second kappa shape index (κ2) is 8.94. The normalized spacial score (nSPS) is 10.3. The fourth-order valence-electron chi connectivity index (χ4n) is 2.09. The standard InChI is InChI=1S/C19H20F2N2O3/c1-23(2)19(25)12-26-15-7-5-14(6-8-15)22-18(24)10-4-13-3-9-16(20)17(21)11-13/h3,5-9,11H,4,10,12H2,1-2H3,(H,22,24). The lowest BCUT2D eigenvalue weighted by molar-refractivity contribution is -0.130. The van der Waals surface area contributed by atoms with Gasteiger partial charge in [0.25, 0.3) is 5.91 Å². The van der Waals surface area contributed by atoms with Crippen LogP contribution in [0.25, 0.3) is 0 Å². The van der Waals surface area contributed by atoms with E-state index in [1.165, 1.54) is 11.0 Å². The number of anilines is 1. The monoisotopic (exact) mass is 362 g/mol. The van der Waals surface area contributed by atoms with Gasteiger partial charge in [-0.15, -0.1) is 0 Å². The van der Waals surface area contributed by atoms with Gasteiger partial charge in [-0.1, -0.05) is 6.07 Å². The van der Waals surface area contributed by atoms with Crippen molar-refractivity contribution in [3.05, 3.63) is 59.7 Å². The summed E-state index contributed by atoms with van der Waals surface area (Å²) < 4.78 is 31.3. The van der Waals surface area contributed by atoms with Crippen LogP contribution in [-0.2, 0) is 16.0 Å². The third kappa shape index (κ3) is 5.84. The highest BCUT2D eigenvalue weighted by Gasteiger charge is 2.08. The van der Waals surface area contributed by atoms with Crippen LogP contribution in [0.5, 0.6) is 5.75 Å². The topological polar surface area (TPSA) is 58.6 Å². The van der Waals surface area contributed by atoms with E-state index in [0.29, 0.717) is 23.4 Å². The molecule has 0 radical (unpaired) electrons. The van der Waals surface area contributed by atoms with E-state index in [9.17, 15) is 18.4 Å². The van der Waals surface area contributed by atoms with Crippen LogP contribution in [0.15, 0.2) is 42.5 Å². The maximum atomic E-state index is 13.1. The van der Waals surface area contributed by atoms with Gasteiger partial charge in [0.15, 0.2) is 18.2 Å². The van der Waals surface area contributed by atoms with E-state index >= 15 is 0 Å². The predicted molar refractivity (Wildman–Crippen MR) is 93.9 cm³/mol. The zero-order valence-electron chi connectivity index (χ0n) is 14.6. The number of nitrogens with one attached hydrogen (secondary N) is 1. The van der Waals surface area contributed by atoms with Crippen molar-refractivity contribution < 1.29 is 23.1 Å². The Hall–Kier alpha value is -2.96. The number of benzene rings is 2. The molecule has 2 aromatic rings. The average molecular weight is 362 g/mol. The number of likely N-dealkylation sites (N-methyl/N-ethyl adjacent to an activating group) is 1. The lowest BCUT2D eigenvalue weighted by Crippen LogP contribution is -2.27. The lowest BCUT2D eigenvalue weighted by atomic mass is 10.1. The third-order valence-corrected chi connectivity index (χ3v) is 3.62. The van der Waals surface area contributed by atoms with E-state index in [1.807, 2.05) is 0 Å². The number of aryl methyl sites for hydroxylation is 1. The van der Waals surface area contributed by atoms with Crippen LogP contribution in [-0.4, -0.2) is 37.4 Å². The zero-order valence-corrected chi connectivity index (χ0v) is 14.6. The van der Waals surface area contributed by atoms with Gasteiger partial charge in [-0.05, 0) is 48.4 Å². The molecule has 5 nitrogen and oxygen atoms in total. The molecular weight excluding hydrogens is 342 g/mol. The molecule has 2 rings (SSSR count). The van der Waals surface area contributed by atoms with Crippen LogP contribution >= 0.6 is 0 Å². The van der Waals surface area contributed by atoms with Crippen molar-refractivity contribution >= 4 is 17.5 Å². The first kappa shape index (κ1) is 19.4. The van der Waals surface area contributed by atoms with Gasteiger partial charge in [-0.3, -0.25) is 9.59 Å². The molecule has 0 aliphatic carbocycles. The molecule has 2 aromatic carbocycles. The highest BCUT2D eigenvalue weighted by molar-refractivity contribution is 5.90. The first-order valence-corrected chi connectivity index (χ1v) is 8.02. The summed E-state index contributed by atoms with van der Waals surface area (Å²) >= 11 is 0. The molecule has 7 heteroatoms. The Morgan fingerprint density at radius 3 is 2.35 bits per heavy atom. The Labute approximate surface area is 150 Å². The van der Waals surface area contributed by atoms with E-state index in [2.05, 4.69) is 5.32 Å². The average Bonchev–Trinajstić information content (AvgIpc) is 2.61. The first-order chi connectivity index (χ1) is 12.3. The van der Waals surface area contributed by atoms with Crippen LogP contribution < -0.4 is 10.1 Å². The smallest absolute Gasteiger partial charge is 0.259 e. The molecule has 0 aliphatic heterocycles. The molecule has 1 N–H and O–H groups in total. The second-order valence-electron chi connectivity index (χ2n) is 5.90. The molecule has 0 bridgehead atoms. The Morgan fingerprint density at radius 1 is 1.04 bits per heavy atom. The first-order valence-electron chi connectivity index (χ1n) is 8.02. The molecule has 0 unspecified atom stereocenters. The number of carbonyl (C=O) groups excluding carboxylic acids is 2. The van der Waals surface area contributed by atoms with Gasteiger partial charge in [0.05, 0.1) is 0 Å². The molecule has 0 saturated heterocycles. The molecule has 0 aromatic heterocycles. The highest BCUT2D eigenvalue weighted by Crippen LogP contribution is 2.16. The number of hydrogen-bond acceptors (Lipinski definition) is 3. The number of ether oxygens (including phenoxy) is 1. The minimum atomic E-state index is -0.925. The summed E-state index contributed by atoms with van der Waals surface area (Å²) in [5, 5.41) is 2.71. The summed E-state index contributed by atoms with van der Waals surface area (Å²) in [6.07, 6.45) is 0.442. The number of nitrogens with zero attached hydrogens (tertiary/aromatic N) is 1. The van der Waals surface area contributed by atoms with Crippen molar-refractivity contribution in [2.75, 3.05) is 26.0 Å². The van der Waals surface area contributed by atoms with Crippen molar-refractivity contribution in [1.82, 2.24) is 4.90 Å². The molecule has 0 aliphatic rings. The van der Waals surface area contributed by atoms with E-state index in [1.54, 1.807) is 38.4 Å². The SMILES string of the molecule is CN(C)C(=O)COc1ccc(NC(=O)CCc2ccc(F)c(F)c2)cc1. The van der Waals surface area contributed by atoms with E-state index in [-0.39, 0.29) is 24.8 Å². The van der Waals surface area contributed by atoms with Gasteiger partial charge >= 0.3 is 0 Å². The number of carbonyl (C=O) groups is 2. The highest BCUT2D eigenvalue weighted by atomic mass is 19.2. The van der Waals surface area contributed by atoms with Gasteiger partial charge in [0.1, 0.15) is 5.75 Å². The van der Waals surface area contributed by atoms with Crippen molar-refractivity contribution in [2.45, 2.75) is 12.8 Å². The van der Waals surface area contributed by atoms with Crippen molar-refractivity contribution in [1.29, 1.82) is 0 Å². The predicted octanol–water partition coefficient (Wildman–Crippen LogP) is 3.00. The maximum Gasteiger partial charge on any atom is 0.259 e. The second-order valence-corrected chi connectivity index (χ2v) is 5.90. The quantitative estimate of drug-likeness (QED) is 0.824.